The fourth-order valence-electron chi connectivity index (χ4n) is 1.87. The molecule has 114 valence electrons. The zero-order valence-electron chi connectivity index (χ0n) is 12.6. The Labute approximate surface area is 123 Å². The van der Waals surface area contributed by atoms with Crippen LogP contribution in [0.2, 0.25) is 0 Å². The molecule has 0 aliphatic heterocycles. The predicted molar refractivity (Wildman–Crippen MR) is 76.9 cm³/mol. The molecular formula is C13H19N5O3. The van der Waals surface area contributed by atoms with Crippen LogP contribution in [0.4, 0.5) is 5.95 Å². The Hall–Kier alpha value is -2.51. The highest BCUT2D eigenvalue weighted by Gasteiger charge is 2.13. The van der Waals surface area contributed by atoms with Crippen LogP contribution in [0, 0.1) is 0 Å². The van der Waals surface area contributed by atoms with Crippen molar-refractivity contribution < 1.29 is 14.2 Å². The average molecular weight is 293 g/mol. The summed E-state index contributed by atoms with van der Waals surface area (Å²) in [5.74, 6) is 2.27. The standard InChI is InChI=1S/C13H19N5O3/c1-5-18-16-13(15-17-18)14-8-9-6-10(19-2)12(21-4)11(7-9)20-3/h6-7H,5,8H2,1-4H3,(H,14,16). The lowest BCUT2D eigenvalue weighted by atomic mass is 10.2. The number of benzene rings is 1. The lowest BCUT2D eigenvalue weighted by molar-refractivity contribution is 0.324. The lowest BCUT2D eigenvalue weighted by Gasteiger charge is -2.14. The topological polar surface area (TPSA) is 83.3 Å². The quantitative estimate of drug-likeness (QED) is 0.824. The van der Waals surface area contributed by atoms with Gasteiger partial charge in [-0.1, -0.05) is 5.10 Å². The molecule has 0 bridgehead atoms. The van der Waals surface area contributed by atoms with Gasteiger partial charge in [-0.3, -0.25) is 0 Å². The van der Waals surface area contributed by atoms with E-state index in [0.29, 0.717) is 36.3 Å². The van der Waals surface area contributed by atoms with Crippen LogP contribution >= 0.6 is 0 Å². The van der Waals surface area contributed by atoms with Gasteiger partial charge in [0.25, 0.3) is 5.95 Å². The summed E-state index contributed by atoms with van der Waals surface area (Å²) in [6.07, 6.45) is 0. The average Bonchev–Trinajstić information content (AvgIpc) is 2.99. The minimum Gasteiger partial charge on any atom is -0.493 e. The van der Waals surface area contributed by atoms with E-state index in [1.165, 1.54) is 4.80 Å². The number of tetrazole rings is 1. The van der Waals surface area contributed by atoms with Gasteiger partial charge in [-0.05, 0) is 29.8 Å². The number of ether oxygens (including phenoxy) is 3. The molecule has 2 aromatic rings. The van der Waals surface area contributed by atoms with E-state index < -0.39 is 0 Å². The highest BCUT2D eigenvalue weighted by Crippen LogP contribution is 2.38. The number of nitrogens with one attached hydrogen (secondary N) is 1. The van der Waals surface area contributed by atoms with Crippen molar-refractivity contribution in [1.29, 1.82) is 0 Å². The van der Waals surface area contributed by atoms with E-state index in [2.05, 4.69) is 20.7 Å². The molecule has 0 aliphatic carbocycles. The van der Waals surface area contributed by atoms with Crippen LogP contribution in [-0.2, 0) is 13.1 Å². The molecule has 2 rings (SSSR count). The van der Waals surface area contributed by atoms with Crippen LogP contribution in [-0.4, -0.2) is 41.5 Å². The zero-order chi connectivity index (χ0) is 15.2. The number of hydrogen-bond acceptors (Lipinski definition) is 7. The molecule has 1 aromatic carbocycles. The molecule has 1 aromatic heterocycles. The number of aryl methyl sites for hydroxylation is 1. The maximum Gasteiger partial charge on any atom is 0.263 e. The largest absolute Gasteiger partial charge is 0.493 e. The molecule has 0 amide bonds. The Morgan fingerprint density at radius 3 is 2.24 bits per heavy atom. The van der Waals surface area contributed by atoms with E-state index in [9.17, 15) is 0 Å². The second kappa shape index (κ2) is 6.78. The first-order valence-corrected chi connectivity index (χ1v) is 6.52. The van der Waals surface area contributed by atoms with Crippen molar-refractivity contribution in [2.75, 3.05) is 26.6 Å². The van der Waals surface area contributed by atoms with Crippen molar-refractivity contribution in [3.63, 3.8) is 0 Å². The van der Waals surface area contributed by atoms with Gasteiger partial charge in [-0.25, -0.2) is 0 Å². The van der Waals surface area contributed by atoms with E-state index in [0.717, 1.165) is 5.56 Å². The molecule has 0 fully saturated rings. The molecule has 0 atom stereocenters. The molecule has 0 aliphatic rings. The van der Waals surface area contributed by atoms with E-state index in [-0.39, 0.29) is 0 Å². The fraction of sp³-hybridized carbons (Fsp3) is 0.462. The van der Waals surface area contributed by atoms with Crippen LogP contribution in [0.5, 0.6) is 17.2 Å². The number of rotatable bonds is 7. The predicted octanol–water partition coefficient (Wildman–Crippen LogP) is 1.33. The van der Waals surface area contributed by atoms with Gasteiger partial charge in [0.05, 0.1) is 27.9 Å². The van der Waals surface area contributed by atoms with E-state index in [1.807, 2.05) is 19.1 Å². The molecule has 0 spiro atoms. The SMILES string of the molecule is CCn1nnc(NCc2cc(OC)c(OC)c(OC)c2)n1. The molecule has 8 heteroatoms. The third-order valence-corrected chi connectivity index (χ3v) is 2.91. The summed E-state index contributed by atoms with van der Waals surface area (Å²) in [5.41, 5.74) is 0.956. The number of nitrogens with zero attached hydrogens (tertiary/aromatic N) is 4. The van der Waals surface area contributed by atoms with Crippen molar-refractivity contribution in [2.45, 2.75) is 20.0 Å². The maximum atomic E-state index is 5.31. The Kier molecular flexibility index (Phi) is 4.81. The minimum absolute atomic E-state index is 0.477. The Bertz CT molecular complexity index is 574. The molecule has 0 radical (unpaired) electrons. The third kappa shape index (κ3) is 3.33. The first-order chi connectivity index (χ1) is 10.2. The second-order valence-electron chi connectivity index (χ2n) is 4.19. The smallest absolute Gasteiger partial charge is 0.263 e. The molecule has 0 saturated heterocycles. The Morgan fingerprint density at radius 2 is 1.76 bits per heavy atom. The minimum atomic E-state index is 0.477. The van der Waals surface area contributed by atoms with Crippen LogP contribution < -0.4 is 19.5 Å². The normalized spacial score (nSPS) is 10.3. The molecular weight excluding hydrogens is 274 g/mol. The molecule has 0 unspecified atom stereocenters. The van der Waals surface area contributed by atoms with Gasteiger partial charge in [0.15, 0.2) is 11.5 Å². The van der Waals surface area contributed by atoms with Gasteiger partial charge >= 0.3 is 0 Å². The van der Waals surface area contributed by atoms with Gasteiger partial charge in [-0.2, -0.15) is 4.80 Å². The first-order valence-electron chi connectivity index (χ1n) is 6.52. The van der Waals surface area contributed by atoms with Crippen molar-refractivity contribution >= 4 is 5.95 Å². The Morgan fingerprint density at radius 1 is 1.10 bits per heavy atom. The highest BCUT2D eigenvalue weighted by atomic mass is 16.5. The fourth-order valence-corrected chi connectivity index (χ4v) is 1.87. The van der Waals surface area contributed by atoms with E-state index >= 15 is 0 Å². The summed E-state index contributed by atoms with van der Waals surface area (Å²) in [6, 6.07) is 3.75. The van der Waals surface area contributed by atoms with Gasteiger partial charge in [0, 0.05) is 6.54 Å². The number of aromatic nitrogens is 4. The zero-order valence-corrected chi connectivity index (χ0v) is 12.6. The third-order valence-electron chi connectivity index (χ3n) is 2.91. The maximum absolute atomic E-state index is 5.31. The molecule has 21 heavy (non-hydrogen) atoms. The van der Waals surface area contributed by atoms with Crippen molar-refractivity contribution in [1.82, 2.24) is 20.2 Å². The van der Waals surface area contributed by atoms with Crippen molar-refractivity contribution in [3.8, 4) is 17.2 Å². The van der Waals surface area contributed by atoms with Gasteiger partial charge < -0.3 is 19.5 Å². The van der Waals surface area contributed by atoms with E-state index in [4.69, 9.17) is 14.2 Å². The van der Waals surface area contributed by atoms with E-state index in [1.54, 1.807) is 21.3 Å². The highest BCUT2D eigenvalue weighted by molar-refractivity contribution is 5.54. The van der Waals surface area contributed by atoms with Gasteiger partial charge in [-0.15, -0.1) is 5.10 Å². The number of methoxy groups -OCH3 is 3. The van der Waals surface area contributed by atoms with Crippen molar-refractivity contribution in [3.05, 3.63) is 17.7 Å². The summed E-state index contributed by atoms with van der Waals surface area (Å²) >= 11 is 0. The number of anilines is 1. The van der Waals surface area contributed by atoms with Crippen molar-refractivity contribution in [2.24, 2.45) is 0 Å². The van der Waals surface area contributed by atoms with Crippen LogP contribution in [0.15, 0.2) is 12.1 Å². The molecule has 8 nitrogen and oxygen atoms in total. The van der Waals surface area contributed by atoms with Crippen LogP contribution in [0.3, 0.4) is 0 Å². The summed E-state index contributed by atoms with van der Waals surface area (Å²) < 4.78 is 15.9. The summed E-state index contributed by atoms with van der Waals surface area (Å²) in [7, 11) is 4.75. The van der Waals surface area contributed by atoms with Crippen LogP contribution in [0.1, 0.15) is 12.5 Å². The molecule has 0 saturated carbocycles. The number of hydrogen-bond donors (Lipinski definition) is 1. The molecule has 1 heterocycles. The summed E-state index contributed by atoms with van der Waals surface area (Å²) in [5, 5.41) is 15.0. The summed E-state index contributed by atoms with van der Waals surface area (Å²) in [4.78, 5) is 1.51. The monoisotopic (exact) mass is 293 g/mol. The second-order valence-corrected chi connectivity index (χ2v) is 4.19. The lowest BCUT2D eigenvalue weighted by Crippen LogP contribution is -2.04. The Balaban J connectivity index is 2.15. The first kappa shape index (κ1) is 14.9. The molecule has 1 N–H and O–H groups in total. The summed E-state index contributed by atoms with van der Waals surface area (Å²) in [6.45, 7) is 3.15. The van der Waals surface area contributed by atoms with Crippen LogP contribution in [0.25, 0.3) is 0 Å². The van der Waals surface area contributed by atoms with Gasteiger partial charge in [0.2, 0.25) is 5.75 Å². The van der Waals surface area contributed by atoms with Gasteiger partial charge in [0.1, 0.15) is 0 Å².